The van der Waals surface area contributed by atoms with E-state index in [1.165, 1.54) is 0 Å². The van der Waals surface area contributed by atoms with E-state index in [0.29, 0.717) is 11.3 Å². The number of carbonyl (C=O) groups excluding carboxylic acids is 1. The second-order valence-corrected chi connectivity index (χ2v) is 5.73. The Bertz CT molecular complexity index is 1110. The lowest BCUT2D eigenvalue weighted by atomic mass is 10.2. The molecular formula is C19H16N4O4. The molecule has 0 radical (unpaired) electrons. The lowest BCUT2D eigenvalue weighted by molar-refractivity contribution is 0.0955. The van der Waals surface area contributed by atoms with E-state index >= 15 is 0 Å². The van der Waals surface area contributed by atoms with E-state index in [1.54, 1.807) is 54.6 Å². The van der Waals surface area contributed by atoms with Gasteiger partial charge in [0.25, 0.3) is 11.5 Å². The number of H-pyrrole nitrogens is 1. The Balaban J connectivity index is 1.93. The third kappa shape index (κ3) is 3.84. The molecular weight excluding hydrogens is 348 g/mol. The number of aromatic hydroxyl groups is 1. The highest BCUT2D eigenvalue weighted by molar-refractivity contribution is 5.94. The number of aromatic amines is 1. The number of hydrazone groups is 1. The van der Waals surface area contributed by atoms with Crippen LogP contribution in [0, 0.1) is 6.92 Å². The van der Waals surface area contributed by atoms with Gasteiger partial charge in [-0.1, -0.05) is 35.9 Å². The van der Waals surface area contributed by atoms with Crippen LogP contribution in [0.2, 0.25) is 0 Å². The van der Waals surface area contributed by atoms with Gasteiger partial charge in [-0.3, -0.25) is 14.6 Å². The van der Waals surface area contributed by atoms with Crippen molar-refractivity contribution >= 4 is 12.1 Å². The maximum Gasteiger partial charge on any atom is 0.335 e. The topological polar surface area (TPSA) is 117 Å². The fourth-order valence-electron chi connectivity index (χ4n) is 2.40. The van der Waals surface area contributed by atoms with Crippen molar-refractivity contribution in [3.05, 3.63) is 92.1 Å². The molecule has 27 heavy (non-hydrogen) atoms. The van der Waals surface area contributed by atoms with Gasteiger partial charge in [-0.05, 0) is 31.2 Å². The highest BCUT2D eigenvalue weighted by atomic mass is 16.3. The molecule has 3 rings (SSSR count). The number of aryl methyl sites for hydroxylation is 1. The number of hydrogen-bond acceptors (Lipinski definition) is 5. The van der Waals surface area contributed by atoms with Crippen molar-refractivity contribution in [1.82, 2.24) is 15.0 Å². The van der Waals surface area contributed by atoms with Crippen LogP contribution in [-0.2, 0) is 0 Å². The minimum absolute atomic E-state index is 0.261. The molecule has 1 amide bonds. The molecule has 8 heteroatoms. The van der Waals surface area contributed by atoms with E-state index < -0.39 is 23.0 Å². The van der Waals surface area contributed by atoms with Crippen molar-refractivity contribution in [3.63, 3.8) is 0 Å². The van der Waals surface area contributed by atoms with Crippen LogP contribution in [0.5, 0.6) is 5.88 Å². The Labute approximate surface area is 153 Å². The molecule has 0 aliphatic carbocycles. The number of rotatable bonds is 4. The van der Waals surface area contributed by atoms with Gasteiger partial charge in [0.1, 0.15) is 5.56 Å². The maximum atomic E-state index is 12.1. The van der Waals surface area contributed by atoms with Crippen LogP contribution in [0.15, 0.2) is 69.3 Å². The summed E-state index contributed by atoms with van der Waals surface area (Å²) in [6.45, 7) is 1.88. The monoisotopic (exact) mass is 364 g/mol. The fourth-order valence-corrected chi connectivity index (χ4v) is 2.40. The van der Waals surface area contributed by atoms with Crippen molar-refractivity contribution in [2.45, 2.75) is 6.92 Å². The second-order valence-electron chi connectivity index (χ2n) is 5.73. The standard InChI is InChI=1S/C19H16N4O4/c1-12-7-9-14(10-8-12)23-18(26)15(17(25)21-19(23)27)11-20-22-16(24)13-5-3-2-4-6-13/h2-11,26H,1H3,(H,22,24)(H,21,25,27). The summed E-state index contributed by atoms with van der Waals surface area (Å²) in [5.74, 6) is -1.06. The fraction of sp³-hybridized carbons (Fsp3) is 0.0526. The predicted octanol–water partition coefficient (Wildman–Crippen LogP) is 1.30. The number of hydrogen-bond donors (Lipinski definition) is 3. The number of amides is 1. The summed E-state index contributed by atoms with van der Waals surface area (Å²) in [5.41, 5.74) is 2.13. The molecule has 0 atom stereocenters. The quantitative estimate of drug-likeness (QED) is 0.478. The van der Waals surface area contributed by atoms with E-state index in [-0.39, 0.29) is 5.56 Å². The van der Waals surface area contributed by atoms with Gasteiger partial charge in [-0.15, -0.1) is 0 Å². The summed E-state index contributed by atoms with van der Waals surface area (Å²) >= 11 is 0. The summed E-state index contributed by atoms with van der Waals surface area (Å²) in [5, 5.41) is 14.1. The summed E-state index contributed by atoms with van der Waals surface area (Å²) in [7, 11) is 0. The highest BCUT2D eigenvalue weighted by Gasteiger charge is 2.14. The first-order chi connectivity index (χ1) is 13.0. The summed E-state index contributed by atoms with van der Waals surface area (Å²) in [6, 6.07) is 15.2. The Hall–Kier alpha value is -3.94. The van der Waals surface area contributed by atoms with Crippen LogP contribution >= 0.6 is 0 Å². The molecule has 0 unspecified atom stereocenters. The third-order valence-corrected chi connectivity index (χ3v) is 3.81. The zero-order valence-electron chi connectivity index (χ0n) is 14.3. The Morgan fingerprint density at radius 2 is 1.78 bits per heavy atom. The first-order valence-electron chi connectivity index (χ1n) is 8.01. The zero-order valence-corrected chi connectivity index (χ0v) is 14.3. The van der Waals surface area contributed by atoms with Gasteiger partial charge < -0.3 is 5.11 Å². The molecule has 0 aliphatic rings. The van der Waals surface area contributed by atoms with Crippen molar-refractivity contribution in [1.29, 1.82) is 0 Å². The van der Waals surface area contributed by atoms with E-state index in [4.69, 9.17) is 0 Å². The highest BCUT2D eigenvalue weighted by Crippen LogP contribution is 2.15. The van der Waals surface area contributed by atoms with Gasteiger partial charge in [0, 0.05) is 5.56 Å². The molecule has 0 bridgehead atoms. The normalized spacial score (nSPS) is 10.9. The van der Waals surface area contributed by atoms with Crippen LogP contribution in [0.25, 0.3) is 5.69 Å². The third-order valence-electron chi connectivity index (χ3n) is 3.81. The SMILES string of the molecule is Cc1ccc(-n2c(O)c(C=NNC(=O)c3ccccc3)c(=O)[nH]c2=O)cc1. The second kappa shape index (κ2) is 7.52. The lowest BCUT2D eigenvalue weighted by Gasteiger charge is -2.09. The van der Waals surface area contributed by atoms with Gasteiger partial charge in [-0.25, -0.2) is 14.8 Å². The number of aromatic nitrogens is 2. The van der Waals surface area contributed by atoms with E-state index in [9.17, 15) is 19.5 Å². The van der Waals surface area contributed by atoms with Gasteiger partial charge in [0.15, 0.2) is 0 Å². The summed E-state index contributed by atoms with van der Waals surface area (Å²) in [4.78, 5) is 38.2. The Morgan fingerprint density at radius 3 is 2.44 bits per heavy atom. The Kier molecular flexibility index (Phi) is 4.98. The lowest BCUT2D eigenvalue weighted by Crippen LogP contribution is -2.31. The van der Waals surface area contributed by atoms with Crippen LogP contribution in [-0.4, -0.2) is 26.8 Å². The molecule has 1 aromatic heterocycles. The molecule has 0 saturated carbocycles. The molecule has 2 aromatic carbocycles. The molecule has 0 aliphatic heterocycles. The van der Waals surface area contributed by atoms with Crippen molar-refractivity contribution in [2.24, 2.45) is 5.10 Å². The molecule has 0 saturated heterocycles. The largest absolute Gasteiger partial charge is 0.493 e. The summed E-state index contributed by atoms with van der Waals surface area (Å²) in [6.07, 6.45) is 0.985. The summed E-state index contributed by atoms with van der Waals surface area (Å²) < 4.78 is 0.946. The van der Waals surface area contributed by atoms with Gasteiger partial charge in [0.2, 0.25) is 5.88 Å². The number of nitrogens with one attached hydrogen (secondary N) is 2. The smallest absolute Gasteiger partial charge is 0.335 e. The minimum Gasteiger partial charge on any atom is -0.493 e. The van der Waals surface area contributed by atoms with Crippen molar-refractivity contribution < 1.29 is 9.90 Å². The average molecular weight is 364 g/mol. The van der Waals surface area contributed by atoms with E-state index in [1.807, 2.05) is 6.92 Å². The molecule has 3 aromatic rings. The Morgan fingerprint density at radius 1 is 1.11 bits per heavy atom. The van der Waals surface area contributed by atoms with Crippen molar-refractivity contribution in [3.8, 4) is 11.6 Å². The molecule has 3 N–H and O–H groups in total. The molecule has 136 valence electrons. The number of nitrogens with zero attached hydrogens (tertiary/aromatic N) is 2. The van der Waals surface area contributed by atoms with E-state index in [2.05, 4.69) is 15.5 Å². The van der Waals surface area contributed by atoms with Gasteiger partial charge >= 0.3 is 5.69 Å². The predicted molar refractivity (Wildman–Crippen MR) is 101 cm³/mol. The van der Waals surface area contributed by atoms with Crippen molar-refractivity contribution in [2.75, 3.05) is 0 Å². The molecule has 0 spiro atoms. The first-order valence-corrected chi connectivity index (χ1v) is 8.01. The molecule has 0 fully saturated rings. The van der Waals surface area contributed by atoms with Crippen LogP contribution in [0.1, 0.15) is 21.5 Å². The van der Waals surface area contributed by atoms with Gasteiger partial charge in [-0.2, -0.15) is 5.10 Å². The molecule has 8 nitrogen and oxygen atoms in total. The van der Waals surface area contributed by atoms with Gasteiger partial charge in [0.05, 0.1) is 11.9 Å². The van der Waals surface area contributed by atoms with Crippen LogP contribution in [0.4, 0.5) is 0 Å². The average Bonchev–Trinajstić information content (AvgIpc) is 2.66. The minimum atomic E-state index is -0.821. The zero-order chi connectivity index (χ0) is 19.4. The van der Waals surface area contributed by atoms with Crippen LogP contribution < -0.4 is 16.7 Å². The van der Waals surface area contributed by atoms with Crippen LogP contribution in [0.3, 0.4) is 0 Å². The maximum absolute atomic E-state index is 12.1. The first kappa shape index (κ1) is 17.9. The van der Waals surface area contributed by atoms with E-state index in [0.717, 1.165) is 16.3 Å². The molecule has 1 heterocycles. The number of benzene rings is 2. The number of carbonyl (C=O) groups is 1.